The summed E-state index contributed by atoms with van der Waals surface area (Å²) >= 11 is 0. The molecule has 3 aliphatic rings. The average Bonchev–Trinajstić information content (AvgIpc) is 3.57. The van der Waals surface area contributed by atoms with Gasteiger partial charge in [0.25, 0.3) is 6.43 Å². The van der Waals surface area contributed by atoms with Gasteiger partial charge in [-0.1, -0.05) is 18.2 Å². The van der Waals surface area contributed by atoms with Gasteiger partial charge in [0.1, 0.15) is 17.1 Å². The second kappa shape index (κ2) is 15.3. The molecular formula is C38H46F2N6O8S. The van der Waals surface area contributed by atoms with Crippen molar-refractivity contribution in [3.8, 4) is 11.8 Å². The Morgan fingerprint density at radius 2 is 1.76 bits per heavy atom. The standard InChI is InChI=1S/C38H46F2N6O8S/c1-24-5-6-26(31(37(3,4)36(47)48)28-9-12-46-33(25(28)2)42-43-34(46)32(39)40)21-27(24)22-45-23-38(10-16-51-17-11-38)54-35-29(55(45,49)50)7-8-30(41-35)53-20-15-44-13-18-52-19-14-44/h5-9,12,21,31-32H,10-11,13-20,22-23H2,1-4H3,(H,47,48). The molecule has 55 heavy (non-hydrogen) atoms. The first kappa shape index (κ1) is 39.0. The van der Waals surface area contributed by atoms with Crippen molar-refractivity contribution in [2.24, 2.45) is 5.41 Å². The summed E-state index contributed by atoms with van der Waals surface area (Å²) in [4.78, 5) is 19.6. The Balaban J connectivity index is 1.24. The number of hydrogen-bond acceptors (Lipinski definition) is 11. The lowest BCUT2D eigenvalue weighted by Gasteiger charge is -2.38. The number of carboxylic acids is 1. The number of rotatable bonds is 11. The zero-order valence-corrected chi connectivity index (χ0v) is 32.2. The molecule has 1 unspecified atom stereocenters. The summed E-state index contributed by atoms with van der Waals surface area (Å²) in [6.07, 6.45) is -0.542. The van der Waals surface area contributed by atoms with Crippen molar-refractivity contribution in [3.63, 3.8) is 0 Å². The molecule has 0 amide bonds. The van der Waals surface area contributed by atoms with Crippen LogP contribution in [0.4, 0.5) is 8.78 Å². The van der Waals surface area contributed by atoms with E-state index in [0.717, 1.165) is 18.7 Å². The molecule has 2 saturated heterocycles. The predicted molar refractivity (Wildman–Crippen MR) is 195 cm³/mol. The van der Waals surface area contributed by atoms with Crippen molar-refractivity contribution in [2.75, 3.05) is 59.2 Å². The topological polar surface area (TPSA) is 158 Å². The van der Waals surface area contributed by atoms with Crippen LogP contribution >= 0.6 is 0 Å². The maximum absolute atomic E-state index is 14.6. The Labute approximate surface area is 318 Å². The maximum Gasteiger partial charge on any atom is 0.310 e. The summed E-state index contributed by atoms with van der Waals surface area (Å²) < 4.78 is 82.8. The number of halogens is 2. The minimum absolute atomic E-state index is 0.0173. The van der Waals surface area contributed by atoms with Gasteiger partial charge in [0, 0.05) is 57.2 Å². The SMILES string of the molecule is Cc1ccc(C(c2ccn3c(C(F)F)nnc3c2C)C(C)(C)C(=O)O)cc1CN1CC2(CCOCC2)Oc2nc(OCCN3CCOCC3)ccc2S1(=O)=O. The first-order valence-electron chi connectivity index (χ1n) is 18.4. The molecule has 0 radical (unpaired) electrons. The summed E-state index contributed by atoms with van der Waals surface area (Å²) in [7, 11) is -4.17. The minimum Gasteiger partial charge on any atom is -0.481 e. The highest BCUT2D eigenvalue weighted by atomic mass is 32.2. The third kappa shape index (κ3) is 7.64. The van der Waals surface area contributed by atoms with E-state index in [1.807, 2.05) is 25.1 Å². The van der Waals surface area contributed by atoms with E-state index in [4.69, 9.17) is 18.9 Å². The fourth-order valence-corrected chi connectivity index (χ4v) is 9.25. The summed E-state index contributed by atoms with van der Waals surface area (Å²) in [5.41, 5.74) is 1.04. The summed E-state index contributed by atoms with van der Waals surface area (Å²) in [6.45, 7) is 11.5. The quantitative estimate of drug-likeness (QED) is 0.223. The predicted octanol–water partition coefficient (Wildman–Crippen LogP) is 4.76. The van der Waals surface area contributed by atoms with Crippen LogP contribution in [0.2, 0.25) is 0 Å². The van der Waals surface area contributed by atoms with Crippen LogP contribution in [-0.2, 0) is 30.8 Å². The van der Waals surface area contributed by atoms with Gasteiger partial charge in [0.2, 0.25) is 27.6 Å². The lowest BCUT2D eigenvalue weighted by atomic mass is 9.70. The van der Waals surface area contributed by atoms with E-state index in [9.17, 15) is 27.1 Å². The van der Waals surface area contributed by atoms with E-state index in [2.05, 4.69) is 20.1 Å². The molecule has 0 saturated carbocycles. The molecule has 6 heterocycles. The molecule has 1 spiro atoms. The van der Waals surface area contributed by atoms with Gasteiger partial charge in [-0.25, -0.2) is 17.2 Å². The number of benzene rings is 1. The molecule has 1 aromatic carbocycles. The first-order chi connectivity index (χ1) is 26.2. The lowest BCUT2D eigenvalue weighted by Crippen LogP contribution is -2.50. The molecule has 2 fully saturated rings. The number of hydrogen-bond donors (Lipinski definition) is 1. The zero-order valence-electron chi connectivity index (χ0n) is 31.3. The number of sulfonamides is 1. The number of carbonyl (C=O) groups is 1. The summed E-state index contributed by atoms with van der Waals surface area (Å²) in [5.74, 6) is -2.12. The summed E-state index contributed by atoms with van der Waals surface area (Å²) in [6, 6.07) is 10.2. The lowest BCUT2D eigenvalue weighted by molar-refractivity contribution is -0.147. The van der Waals surface area contributed by atoms with Crippen LogP contribution in [0.5, 0.6) is 11.8 Å². The third-order valence-corrected chi connectivity index (χ3v) is 12.9. The monoisotopic (exact) mass is 784 g/mol. The number of ether oxygens (including phenoxy) is 4. The molecule has 0 aliphatic carbocycles. The average molecular weight is 785 g/mol. The van der Waals surface area contributed by atoms with Gasteiger partial charge < -0.3 is 24.1 Å². The molecule has 0 bridgehead atoms. The number of pyridine rings is 2. The highest BCUT2D eigenvalue weighted by molar-refractivity contribution is 7.89. The number of carboxylic acid groups (broad SMARTS) is 1. The van der Waals surface area contributed by atoms with Gasteiger partial charge in [0.05, 0.1) is 38.4 Å². The third-order valence-electron chi connectivity index (χ3n) is 11.1. The first-order valence-corrected chi connectivity index (χ1v) is 19.8. The minimum atomic E-state index is -4.17. The number of aliphatic carboxylic acids is 1. The summed E-state index contributed by atoms with van der Waals surface area (Å²) in [5, 5.41) is 18.2. The number of aromatic nitrogens is 4. The number of alkyl halides is 2. The smallest absolute Gasteiger partial charge is 0.310 e. The largest absolute Gasteiger partial charge is 0.481 e. The highest BCUT2D eigenvalue weighted by Crippen LogP contribution is 2.45. The fraction of sp³-hybridized carbons (Fsp3) is 0.526. The van der Waals surface area contributed by atoms with Crippen molar-refractivity contribution in [3.05, 3.63) is 76.2 Å². The van der Waals surface area contributed by atoms with Gasteiger partial charge >= 0.3 is 5.97 Å². The normalized spacial score (nSPS) is 19.5. The van der Waals surface area contributed by atoms with Crippen LogP contribution in [0, 0.1) is 19.3 Å². The molecule has 3 aliphatic heterocycles. The molecule has 4 aromatic rings. The molecular weight excluding hydrogens is 739 g/mol. The number of fused-ring (bicyclic) bond motifs is 2. The molecule has 14 nitrogen and oxygen atoms in total. The van der Waals surface area contributed by atoms with Crippen LogP contribution in [-0.4, -0.2) is 113 Å². The Morgan fingerprint density at radius 3 is 2.47 bits per heavy atom. The van der Waals surface area contributed by atoms with Gasteiger partial charge in [-0.15, -0.1) is 10.2 Å². The van der Waals surface area contributed by atoms with Crippen LogP contribution in [0.1, 0.15) is 72.7 Å². The Hall–Kier alpha value is -4.29. The van der Waals surface area contributed by atoms with Crippen molar-refractivity contribution in [1.29, 1.82) is 0 Å². The van der Waals surface area contributed by atoms with Crippen LogP contribution in [0.25, 0.3) is 5.65 Å². The zero-order chi connectivity index (χ0) is 39.1. The number of aryl methyl sites for hydroxylation is 2. The second-order valence-electron chi connectivity index (χ2n) is 15.0. The van der Waals surface area contributed by atoms with Crippen molar-refractivity contribution in [2.45, 2.75) is 69.9 Å². The van der Waals surface area contributed by atoms with Gasteiger partial charge in [0.15, 0.2) is 5.65 Å². The van der Waals surface area contributed by atoms with Crippen molar-refractivity contribution >= 4 is 21.6 Å². The Bertz CT molecular complexity index is 2170. The van der Waals surface area contributed by atoms with Gasteiger partial charge in [-0.05, 0) is 67.6 Å². The molecule has 7 rings (SSSR count). The number of nitrogens with zero attached hydrogens (tertiary/aromatic N) is 6. The van der Waals surface area contributed by atoms with Crippen LogP contribution < -0.4 is 9.47 Å². The van der Waals surface area contributed by atoms with E-state index in [0.29, 0.717) is 74.7 Å². The number of morpholine rings is 1. The Kier molecular flexibility index (Phi) is 10.9. The van der Waals surface area contributed by atoms with Crippen LogP contribution in [0.15, 0.2) is 47.5 Å². The second-order valence-corrected chi connectivity index (χ2v) is 16.9. The van der Waals surface area contributed by atoms with Gasteiger partial charge in [-0.2, -0.15) is 9.29 Å². The van der Waals surface area contributed by atoms with E-state index < -0.39 is 45.2 Å². The van der Waals surface area contributed by atoms with Crippen LogP contribution in [0.3, 0.4) is 0 Å². The van der Waals surface area contributed by atoms with E-state index >= 15 is 0 Å². The fourth-order valence-electron chi connectivity index (χ4n) is 7.71. The molecule has 296 valence electrons. The van der Waals surface area contributed by atoms with E-state index in [-0.39, 0.29) is 35.4 Å². The van der Waals surface area contributed by atoms with Gasteiger partial charge in [-0.3, -0.25) is 14.1 Å². The maximum atomic E-state index is 14.6. The molecule has 3 aromatic heterocycles. The van der Waals surface area contributed by atoms with E-state index in [1.165, 1.54) is 21.0 Å². The molecule has 1 N–H and O–H groups in total. The molecule has 1 atom stereocenters. The van der Waals surface area contributed by atoms with E-state index in [1.54, 1.807) is 32.9 Å². The van der Waals surface area contributed by atoms with Crippen molar-refractivity contribution < 1.29 is 46.0 Å². The Morgan fingerprint density at radius 1 is 1.04 bits per heavy atom. The molecule has 17 heteroatoms. The highest BCUT2D eigenvalue weighted by Gasteiger charge is 2.46. The van der Waals surface area contributed by atoms with Crippen molar-refractivity contribution in [1.82, 2.24) is 28.8 Å².